The van der Waals surface area contributed by atoms with Crippen molar-refractivity contribution in [2.24, 2.45) is 5.92 Å². The molecule has 2 amide bonds. The minimum absolute atomic E-state index is 0.00786. The van der Waals surface area contributed by atoms with Crippen molar-refractivity contribution in [1.82, 2.24) is 9.80 Å². The number of carbonyl (C=O) groups excluding carboxylic acids is 2. The summed E-state index contributed by atoms with van der Waals surface area (Å²) in [6.07, 6.45) is 3.09. The number of thiophene rings is 1. The first kappa shape index (κ1) is 22.8. The zero-order valence-electron chi connectivity index (χ0n) is 19.1. The molecule has 1 unspecified atom stereocenters. The SMILES string of the molecule is COCC(=O)N(CC(=O)N1CCc2sccc2C1COc1ccc(C)cc1C)CC1CC1. The first-order valence-electron chi connectivity index (χ1n) is 11.3. The van der Waals surface area contributed by atoms with Crippen LogP contribution >= 0.6 is 11.3 Å². The molecule has 1 aliphatic heterocycles. The van der Waals surface area contributed by atoms with Crippen molar-refractivity contribution >= 4 is 23.2 Å². The monoisotopic (exact) mass is 456 g/mol. The number of fused-ring (bicyclic) bond motifs is 1. The Hall–Kier alpha value is -2.38. The molecular weight excluding hydrogens is 424 g/mol. The maximum atomic E-state index is 13.4. The number of benzene rings is 1. The Morgan fingerprint density at radius 2 is 2.03 bits per heavy atom. The summed E-state index contributed by atoms with van der Waals surface area (Å²) in [6.45, 7) is 5.88. The summed E-state index contributed by atoms with van der Waals surface area (Å²) in [4.78, 5) is 30.9. The van der Waals surface area contributed by atoms with Crippen molar-refractivity contribution in [2.45, 2.75) is 39.2 Å². The van der Waals surface area contributed by atoms with Gasteiger partial charge in [0.05, 0.1) is 12.6 Å². The summed E-state index contributed by atoms with van der Waals surface area (Å²) in [5.41, 5.74) is 3.45. The number of nitrogens with zero attached hydrogens (tertiary/aromatic N) is 2. The third-order valence-corrected chi connectivity index (χ3v) is 7.26. The molecule has 2 heterocycles. The van der Waals surface area contributed by atoms with E-state index in [1.165, 1.54) is 17.6 Å². The third kappa shape index (κ3) is 5.33. The van der Waals surface area contributed by atoms with E-state index in [2.05, 4.69) is 24.4 Å². The average molecular weight is 457 g/mol. The van der Waals surface area contributed by atoms with E-state index in [1.54, 1.807) is 16.2 Å². The van der Waals surface area contributed by atoms with Gasteiger partial charge in [-0.15, -0.1) is 11.3 Å². The molecule has 1 aliphatic carbocycles. The van der Waals surface area contributed by atoms with Crippen LogP contribution in [0.5, 0.6) is 5.75 Å². The summed E-state index contributed by atoms with van der Waals surface area (Å²) < 4.78 is 11.3. The van der Waals surface area contributed by atoms with E-state index in [4.69, 9.17) is 9.47 Å². The molecule has 32 heavy (non-hydrogen) atoms. The highest BCUT2D eigenvalue weighted by molar-refractivity contribution is 7.10. The second-order valence-electron chi connectivity index (χ2n) is 8.88. The van der Waals surface area contributed by atoms with Crippen LogP contribution in [0.4, 0.5) is 0 Å². The Bertz CT molecular complexity index is 969. The van der Waals surface area contributed by atoms with Gasteiger partial charge in [-0.3, -0.25) is 9.59 Å². The molecule has 1 saturated carbocycles. The van der Waals surface area contributed by atoms with E-state index in [0.717, 1.165) is 36.1 Å². The van der Waals surface area contributed by atoms with Crippen LogP contribution in [0.25, 0.3) is 0 Å². The molecule has 0 radical (unpaired) electrons. The first-order chi connectivity index (χ1) is 15.5. The molecule has 1 aromatic heterocycles. The Kier molecular flexibility index (Phi) is 7.16. The van der Waals surface area contributed by atoms with Crippen molar-refractivity contribution < 1.29 is 19.1 Å². The van der Waals surface area contributed by atoms with Crippen LogP contribution in [0.15, 0.2) is 29.6 Å². The standard InChI is InChI=1S/C25H32N2O4S/c1-17-4-7-22(18(2)12-17)31-15-21-20-9-11-32-23(20)8-10-27(21)24(28)14-26(13-19-5-6-19)25(29)16-30-3/h4,7,9,11-12,19,21H,5-6,8,10,13-16H2,1-3H3. The van der Waals surface area contributed by atoms with Crippen LogP contribution in [0, 0.1) is 19.8 Å². The van der Waals surface area contributed by atoms with Crippen molar-refractivity contribution in [3.05, 3.63) is 51.2 Å². The Labute approximate surface area is 194 Å². The van der Waals surface area contributed by atoms with Gasteiger partial charge >= 0.3 is 0 Å². The lowest BCUT2D eigenvalue weighted by Crippen LogP contribution is -2.48. The van der Waals surface area contributed by atoms with Gasteiger partial charge in [0.1, 0.15) is 19.0 Å². The lowest BCUT2D eigenvalue weighted by atomic mass is 10.00. The van der Waals surface area contributed by atoms with Gasteiger partial charge in [0, 0.05) is 25.1 Å². The van der Waals surface area contributed by atoms with Crippen LogP contribution in [0.1, 0.15) is 40.5 Å². The van der Waals surface area contributed by atoms with Crippen LogP contribution < -0.4 is 4.74 Å². The molecule has 0 bridgehead atoms. The Morgan fingerprint density at radius 3 is 2.75 bits per heavy atom. The van der Waals surface area contributed by atoms with E-state index in [9.17, 15) is 9.59 Å². The van der Waals surface area contributed by atoms with E-state index in [0.29, 0.717) is 25.6 Å². The first-order valence-corrected chi connectivity index (χ1v) is 12.2. The minimum Gasteiger partial charge on any atom is -0.491 e. The highest BCUT2D eigenvalue weighted by atomic mass is 32.1. The molecule has 1 aromatic carbocycles. The fraction of sp³-hybridized carbons (Fsp3) is 0.520. The molecule has 2 aliphatic rings. The highest BCUT2D eigenvalue weighted by Crippen LogP contribution is 2.35. The Morgan fingerprint density at radius 1 is 1.22 bits per heavy atom. The predicted octanol–water partition coefficient (Wildman–Crippen LogP) is 3.75. The van der Waals surface area contributed by atoms with Gasteiger partial charge in [0.25, 0.3) is 0 Å². The number of aryl methyl sites for hydroxylation is 2. The fourth-order valence-electron chi connectivity index (χ4n) is 4.34. The molecule has 0 saturated heterocycles. The third-order valence-electron chi connectivity index (χ3n) is 6.26. The summed E-state index contributed by atoms with van der Waals surface area (Å²) >= 11 is 1.74. The van der Waals surface area contributed by atoms with Gasteiger partial charge in [0.15, 0.2) is 0 Å². The quantitative estimate of drug-likeness (QED) is 0.577. The maximum Gasteiger partial charge on any atom is 0.249 e. The molecule has 172 valence electrons. The molecule has 2 aromatic rings. The lowest BCUT2D eigenvalue weighted by Gasteiger charge is -2.37. The molecule has 4 rings (SSSR count). The molecule has 1 atom stereocenters. The smallest absolute Gasteiger partial charge is 0.249 e. The van der Waals surface area contributed by atoms with Crippen molar-refractivity contribution in [1.29, 1.82) is 0 Å². The molecular formula is C25H32N2O4S. The number of methoxy groups -OCH3 is 1. The van der Waals surface area contributed by atoms with Gasteiger partial charge in [-0.2, -0.15) is 0 Å². The van der Waals surface area contributed by atoms with Crippen LogP contribution in [-0.2, 0) is 20.7 Å². The summed E-state index contributed by atoms with van der Waals surface area (Å²) in [5, 5.41) is 2.09. The minimum atomic E-state index is -0.154. The predicted molar refractivity (Wildman–Crippen MR) is 125 cm³/mol. The number of ether oxygens (including phenoxy) is 2. The number of carbonyl (C=O) groups is 2. The van der Waals surface area contributed by atoms with Crippen molar-refractivity contribution in [3.8, 4) is 5.75 Å². The maximum absolute atomic E-state index is 13.4. The molecule has 1 fully saturated rings. The number of hydrogen-bond donors (Lipinski definition) is 0. The van der Waals surface area contributed by atoms with Crippen molar-refractivity contribution in [2.75, 3.05) is 40.0 Å². The van der Waals surface area contributed by atoms with Gasteiger partial charge in [-0.1, -0.05) is 17.7 Å². The summed E-state index contributed by atoms with van der Waals surface area (Å²) in [6, 6.07) is 8.09. The van der Waals surface area contributed by atoms with Crippen molar-refractivity contribution in [3.63, 3.8) is 0 Å². The van der Waals surface area contributed by atoms with Gasteiger partial charge in [-0.25, -0.2) is 0 Å². The summed E-state index contributed by atoms with van der Waals surface area (Å²) in [5.74, 6) is 1.21. The fourth-order valence-corrected chi connectivity index (χ4v) is 5.27. The van der Waals surface area contributed by atoms with Gasteiger partial charge < -0.3 is 19.3 Å². The summed E-state index contributed by atoms with van der Waals surface area (Å²) in [7, 11) is 1.51. The Balaban J connectivity index is 1.50. The number of rotatable bonds is 9. The normalized spacial score (nSPS) is 17.7. The zero-order valence-corrected chi connectivity index (χ0v) is 20.0. The zero-order chi connectivity index (χ0) is 22.7. The van der Waals surface area contributed by atoms with Gasteiger partial charge in [0.2, 0.25) is 11.8 Å². The van der Waals surface area contributed by atoms with Crippen LogP contribution in [0.2, 0.25) is 0 Å². The average Bonchev–Trinajstić information content (AvgIpc) is 3.45. The lowest BCUT2D eigenvalue weighted by molar-refractivity contribution is -0.144. The molecule has 0 spiro atoms. The topological polar surface area (TPSA) is 59.1 Å². The molecule has 0 N–H and O–H groups in total. The highest BCUT2D eigenvalue weighted by Gasteiger charge is 2.35. The van der Waals surface area contributed by atoms with E-state index >= 15 is 0 Å². The van der Waals surface area contributed by atoms with Gasteiger partial charge in [-0.05, 0) is 67.7 Å². The molecule has 6 nitrogen and oxygen atoms in total. The largest absolute Gasteiger partial charge is 0.491 e. The van der Waals surface area contributed by atoms with E-state index < -0.39 is 0 Å². The number of hydrogen-bond acceptors (Lipinski definition) is 5. The second-order valence-corrected chi connectivity index (χ2v) is 9.88. The second kappa shape index (κ2) is 10.0. The molecule has 7 heteroatoms. The van der Waals surface area contributed by atoms with Crippen LogP contribution in [-0.4, -0.2) is 61.6 Å². The van der Waals surface area contributed by atoms with Crippen LogP contribution in [0.3, 0.4) is 0 Å². The van der Waals surface area contributed by atoms with E-state index in [1.807, 2.05) is 24.0 Å². The van der Waals surface area contributed by atoms with E-state index in [-0.39, 0.29) is 31.0 Å². The number of amides is 2.